The average Bonchev–Trinajstić information content (AvgIpc) is 3.17. The molecule has 3 aliphatic rings. The topological polar surface area (TPSA) is 102 Å². The summed E-state index contributed by atoms with van der Waals surface area (Å²) in [5, 5.41) is 8.61. The van der Waals surface area contributed by atoms with Crippen LogP contribution in [0.15, 0.2) is 23.8 Å². The highest BCUT2D eigenvalue weighted by atomic mass is 16.6. The van der Waals surface area contributed by atoms with Gasteiger partial charge in [0.1, 0.15) is 18.8 Å². The first-order chi connectivity index (χ1) is 12.3. The van der Waals surface area contributed by atoms with Crippen molar-refractivity contribution in [1.29, 1.82) is 0 Å². The number of carboxylic acid groups (broad SMARTS) is 1. The monoisotopic (exact) mass is 364 g/mol. The van der Waals surface area contributed by atoms with Crippen LogP contribution in [0.3, 0.4) is 0 Å². The quantitative estimate of drug-likeness (QED) is 0.345. The van der Waals surface area contributed by atoms with E-state index < -0.39 is 11.9 Å². The lowest BCUT2D eigenvalue weighted by Crippen LogP contribution is -2.29. The third-order valence-corrected chi connectivity index (χ3v) is 5.40. The van der Waals surface area contributed by atoms with Gasteiger partial charge in [0.05, 0.1) is 18.4 Å². The fourth-order valence-electron chi connectivity index (χ4n) is 3.71. The number of rotatable bonds is 5. The molecule has 0 radical (unpaired) electrons. The molecule has 0 saturated carbocycles. The van der Waals surface area contributed by atoms with Crippen molar-refractivity contribution in [2.24, 2.45) is 5.92 Å². The van der Waals surface area contributed by atoms with Gasteiger partial charge in [0.25, 0.3) is 0 Å². The number of epoxide rings is 1. The Bertz CT molecular complexity index is 665. The van der Waals surface area contributed by atoms with Crippen molar-refractivity contribution in [3.63, 3.8) is 0 Å². The maximum absolute atomic E-state index is 11.9. The Hall–Kier alpha value is -2.15. The van der Waals surface area contributed by atoms with Gasteiger partial charge < -0.3 is 19.3 Å². The van der Waals surface area contributed by atoms with Crippen LogP contribution in [-0.4, -0.2) is 47.4 Å². The Balaban J connectivity index is 1.62. The number of esters is 2. The van der Waals surface area contributed by atoms with Crippen LogP contribution < -0.4 is 0 Å². The Morgan fingerprint density at radius 3 is 2.92 bits per heavy atom. The number of allylic oxidation sites excluding steroid dienone is 1. The van der Waals surface area contributed by atoms with Crippen LogP contribution in [0, 0.1) is 5.92 Å². The number of aliphatic carboxylic acids is 1. The van der Waals surface area contributed by atoms with Gasteiger partial charge in [-0.1, -0.05) is 12.7 Å². The largest absolute Gasteiger partial charge is 0.481 e. The van der Waals surface area contributed by atoms with Crippen LogP contribution in [0.25, 0.3) is 0 Å². The molecule has 2 saturated heterocycles. The van der Waals surface area contributed by atoms with Gasteiger partial charge >= 0.3 is 17.9 Å². The Morgan fingerprint density at radius 2 is 2.19 bits per heavy atom. The molecule has 2 fully saturated rings. The molecule has 4 atom stereocenters. The van der Waals surface area contributed by atoms with E-state index in [2.05, 4.69) is 12.7 Å². The van der Waals surface area contributed by atoms with E-state index in [1.54, 1.807) is 0 Å². The van der Waals surface area contributed by atoms with E-state index >= 15 is 0 Å². The molecule has 142 valence electrons. The Labute approximate surface area is 152 Å². The second-order valence-corrected chi connectivity index (χ2v) is 7.35. The van der Waals surface area contributed by atoms with E-state index in [1.165, 1.54) is 0 Å². The summed E-state index contributed by atoms with van der Waals surface area (Å²) in [6.45, 7) is 6.03. The standard InChI is InChI=1S/C19H24O7/c1-11-13-6-5-12(10-24-15(22)8-7-14(20)21)4-3-9-19(2)17(26-19)16(13)25-18(11)23/h4,13,16-17H,1,3,5-10H2,2H3,(H,20,21)/b12-4+/t13-,16-,17-,19+/m0/s1. The van der Waals surface area contributed by atoms with E-state index in [1.807, 2.05) is 6.92 Å². The van der Waals surface area contributed by atoms with Crippen molar-refractivity contribution in [2.45, 2.75) is 63.3 Å². The molecular formula is C19H24O7. The highest BCUT2D eigenvalue weighted by Crippen LogP contribution is 2.49. The molecule has 0 aromatic rings. The zero-order chi connectivity index (χ0) is 18.9. The second kappa shape index (κ2) is 7.23. The summed E-state index contributed by atoms with van der Waals surface area (Å²) in [6.07, 6.45) is 4.20. The van der Waals surface area contributed by atoms with Crippen LogP contribution in [0.5, 0.6) is 0 Å². The molecule has 7 heteroatoms. The number of carbonyl (C=O) groups excluding carboxylic acids is 2. The number of carboxylic acids is 1. The molecule has 0 amide bonds. The minimum absolute atomic E-state index is 0.0838. The van der Waals surface area contributed by atoms with Gasteiger partial charge in [-0.2, -0.15) is 0 Å². The number of carbonyl (C=O) groups is 3. The van der Waals surface area contributed by atoms with Crippen molar-refractivity contribution in [1.82, 2.24) is 0 Å². The van der Waals surface area contributed by atoms with Gasteiger partial charge in [0.2, 0.25) is 0 Å². The van der Waals surface area contributed by atoms with Crippen LogP contribution in [0.2, 0.25) is 0 Å². The van der Waals surface area contributed by atoms with Crippen molar-refractivity contribution in [2.75, 3.05) is 6.61 Å². The first-order valence-electron chi connectivity index (χ1n) is 8.93. The maximum atomic E-state index is 11.9. The minimum atomic E-state index is -1.03. The van der Waals surface area contributed by atoms with Gasteiger partial charge in [-0.3, -0.25) is 9.59 Å². The van der Waals surface area contributed by atoms with Crippen molar-refractivity contribution in [3.8, 4) is 0 Å². The molecule has 1 aliphatic carbocycles. The average molecular weight is 364 g/mol. The lowest BCUT2D eigenvalue weighted by molar-refractivity contribution is -0.147. The van der Waals surface area contributed by atoms with Gasteiger partial charge in [0, 0.05) is 11.5 Å². The molecule has 0 unspecified atom stereocenters. The van der Waals surface area contributed by atoms with E-state index in [-0.39, 0.29) is 49.1 Å². The summed E-state index contributed by atoms with van der Waals surface area (Å²) in [6, 6.07) is 0. The number of fused-ring (bicyclic) bond motifs is 3. The summed E-state index contributed by atoms with van der Waals surface area (Å²) < 4.78 is 16.5. The highest BCUT2D eigenvalue weighted by molar-refractivity contribution is 5.91. The zero-order valence-electron chi connectivity index (χ0n) is 14.9. The first-order valence-corrected chi connectivity index (χ1v) is 8.93. The van der Waals surface area contributed by atoms with Gasteiger partial charge in [-0.25, -0.2) is 4.79 Å². The third-order valence-electron chi connectivity index (χ3n) is 5.40. The molecule has 0 aromatic carbocycles. The predicted octanol–water partition coefficient (Wildman–Crippen LogP) is 2.15. The second-order valence-electron chi connectivity index (χ2n) is 7.35. The SMILES string of the molecule is C=C1C(=O)O[C@H]2[C@H]1CC/C(COC(=O)CCC(=O)O)=C\CC[C@@]1(C)O[C@@H]21. The molecular weight excluding hydrogens is 340 g/mol. The summed E-state index contributed by atoms with van der Waals surface area (Å²) in [7, 11) is 0. The van der Waals surface area contributed by atoms with E-state index in [0.717, 1.165) is 18.4 Å². The van der Waals surface area contributed by atoms with E-state index in [0.29, 0.717) is 18.4 Å². The Kier molecular flexibility index (Phi) is 5.18. The van der Waals surface area contributed by atoms with Gasteiger partial charge in [0.15, 0.2) is 0 Å². The fraction of sp³-hybridized carbons (Fsp3) is 0.632. The number of hydrogen-bond donors (Lipinski definition) is 1. The van der Waals surface area contributed by atoms with Crippen molar-refractivity contribution in [3.05, 3.63) is 23.8 Å². The van der Waals surface area contributed by atoms with Crippen LogP contribution in [0.1, 0.15) is 45.4 Å². The smallest absolute Gasteiger partial charge is 0.334 e. The minimum Gasteiger partial charge on any atom is -0.481 e. The lowest BCUT2D eigenvalue weighted by Gasteiger charge is -2.20. The molecule has 7 nitrogen and oxygen atoms in total. The Morgan fingerprint density at radius 1 is 1.42 bits per heavy atom. The van der Waals surface area contributed by atoms with Crippen molar-refractivity contribution < 1.29 is 33.7 Å². The molecule has 0 spiro atoms. The molecule has 2 aliphatic heterocycles. The van der Waals surface area contributed by atoms with Crippen LogP contribution in [0.4, 0.5) is 0 Å². The molecule has 2 heterocycles. The highest BCUT2D eigenvalue weighted by Gasteiger charge is 2.61. The molecule has 26 heavy (non-hydrogen) atoms. The molecule has 0 bridgehead atoms. The van der Waals surface area contributed by atoms with Crippen LogP contribution >= 0.6 is 0 Å². The van der Waals surface area contributed by atoms with E-state index in [4.69, 9.17) is 19.3 Å². The number of ether oxygens (including phenoxy) is 3. The number of hydrogen-bond acceptors (Lipinski definition) is 6. The molecule has 3 rings (SSSR count). The summed E-state index contributed by atoms with van der Waals surface area (Å²) >= 11 is 0. The van der Waals surface area contributed by atoms with E-state index in [9.17, 15) is 14.4 Å². The summed E-state index contributed by atoms with van der Waals surface area (Å²) in [4.78, 5) is 34.1. The van der Waals surface area contributed by atoms with Gasteiger partial charge in [-0.05, 0) is 38.2 Å². The van der Waals surface area contributed by atoms with Gasteiger partial charge in [-0.15, -0.1) is 0 Å². The first kappa shape index (κ1) is 18.6. The third kappa shape index (κ3) is 3.98. The summed E-state index contributed by atoms with van der Waals surface area (Å²) in [5.74, 6) is -2.01. The zero-order valence-corrected chi connectivity index (χ0v) is 14.9. The fourth-order valence-corrected chi connectivity index (χ4v) is 3.71. The van der Waals surface area contributed by atoms with Crippen LogP contribution in [-0.2, 0) is 28.6 Å². The molecule has 0 aromatic heterocycles. The van der Waals surface area contributed by atoms with Crippen molar-refractivity contribution >= 4 is 17.9 Å². The molecule has 1 N–H and O–H groups in total. The summed E-state index contributed by atoms with van der Waals surface area (Å²) in [5.41, 5.74) is 1.14. The lowest BCUT2D eigenvalue weighted by atomic mass is 9.84. The normalized spacial score (nSPS) is 35.4. The predicted molar refractivity (Wildman–Crippen MR) is 90.2 cm³/mol. The maximum Gasteiger partial charge on any atom is 0.334 e.